The number of carbonyl (C=O) groups excluding carboxylic acids is 2. The van der Waals surface area contributed by atoms with E-state index >= 15 is 0 Å². The van der Waals surface area contributed by atoms with E-state index in [0.29, 0.717) is 31.1 Å². The summed E-state index contributed by atoms with van der Waals surface area (Å²) >= 11 is 0. The minimum Gasteiger partial charge on any atom is -0.481 e. The molecule has 4 saturated carbocycles. The smallest absolute Gasteiger partial charge is 0.305 e. The average molecular weight is 522 g/mol. The number of aliphatic carboxylic acids is 1. The highest BCUT2D eigenvalue weighted by molar-refractivity contribution is 5.80. The number of aliphatic hydroxyl groups excluding tert-OH is 2. The molecule has 4 aliphatic carbocycles. The topological polar surface area (TPSA) is 133 Å². The van der Waals surface area contributed by atoms with Crippen LogP contribution in [0.5, 0.6) is 0 Å². The largest absolute Gasteiger partial charge is 0.481 e. The Morgan fingerprint density at radius 1 is 1.00 bits per heavy atom. The van der Waals surface area contributed by atoms with E-state index in [1.54, 1.807) is 0 Å². The highest BCUT2D eigenvalue weighted by Gasteiger charge is 2.65. The van der Waals surface area contributed by atoms with Crippen molar-refractivity contribution in [3.8, 4) is 0 Å². The van der Waals surface area contributed by atoms with Gasteiger partial charge < -0.3 is 25.4 Å². The van der Waals surface area contributed by atoms with Gasteiger partial charge in [-0.2, -0.15) is 0 Å². The first-order chi connectivity index (χ1) is 17.4. The highest BCUT2D eigenvalue weighted by atomic mass is 16.5. The van der Waals surface area contributed by atoms with Crippen LogP contribution in [0.3, 0.4) is 0 Å². The van der Waals surface area contributed by atoms with Gasteiger partial charge in [-0.3, -0.25) is 14.4 Å². The van der Waals surface area contributed by atoms with Crippen LogP contribution in [0, 0.1) is 46.3 Å². The number of carboxylic acids is 1. The molecular formula is C29H47NO7. The normalized spacial score (nSPS) is 43.6. The maximum atomic E-state index is 12.3. The number of nitrogens with one attached hydrogen (secondary N) is 1. The lowest BCUT2D eigenvalue weighted by molar-refractivity contribution is -0.202. The third-order valence-electron chi connectivity index (χ3n) is 11.5. The molecule has 8 nitrogen and oxygen atoms in total. The van der Waals surface area contributed by atoms with Crippen molar-refractivity contribution in [1.29, 1.82) is 0 Å². The Labute approximate surface area is 220 Å². The standard InChI is InChI=1S/C29H47NO7/c1-16(5-10-26(36)37-4)19-6-7-20-27-21(15-23(32)29(19,20)3)28(2)12-11-18(13-17(28)14-22(27)31)30-24(33)8-9-25(34)35/h16-23,27,31-32H,5-15H2,1-4H3,(H,30,33)(H,34,35)/t16-,17+,18+,19-,20+,21+,22-,23+,27+,28+,29-/m1/s1. The fraction of sp³-hybridized carbons (Fsp3) is 0.897. The first-order valence-corrected chi connectivity index (χ1v) is 14.4. The number of aliphatic hydroxyl groups is 2. The molecule has 0 heterocycles. The summed E-state index contributed by atoms with van der Waals surface area (Å²) in [4.78, 5) is 34.8. The molecule has 1 amide bonds. The minimum absolute atomic E-state index is 0.00306. The fourth-order valence-electron chi connectivity index (χ4n) is 9.45. The molecule has 0 bridgehead atoms. The molecule has 0 radical (unpaired) electrons. The lowest BCUT2D eigenvalue weighted by atomic mass is 9.43. The van der Waals surface area contributed by atoms with Gasteiger partial charge in [0.25, 0.3) is 0 Å². The summed E-state index contributed by atoms with van der Waals surface area (Å²) in [5.74, 6) is 0.151. The number of esters is 1. The Morgan fingerprint density at radius 3 is 2.41 bits per heavy atom. The average Bonchev–Trinajstić information content (AvgIpc) is 3.21. The van der Waals surface area contributed by atoms with Crippen molar-refractivity contribution in [2.24, 2.45) is 46.3 Å². The molecule has 11 atom stereocenters. The number of carbonyl (C=O) groups is 3. The molecule has 0 aromatic heterocycles. The molecule has 37 heavy (non-hydrogen) atoms. The van der Waals surface area contributed by atoms with Crippen LogP contribution in [0.4, 0.5) is 0 Å². The lowest BCUT2D eigenvalue weighted by Gasteiger charge is -2.63. The summed E-state index contributed by atoms with van der Waals surface area (Å²) in [5, 5.41) is 35.2. The summed E-state index contributed by atoms with van der Waals surface area (Å²) < 4.78 is 4.84. The van der Waals surface area contributed by atoms with E-state index in [1.807, 2.05) is 0 Å². The summed E-state index contributed by atoms with van der Waals surface area (Å²) in [7, 11) is 1.42. The molecule has 4 rings (SSSR count). The van der Waals surface area contributed by atoms with Crippen LogP contribution in [-0.2, 0) is 19.1 Å². The molecule has 4 fully saturated rings. The number of ether oxygens (including phenoxy) is 1. The molecule has 0 aliphatic heterocycles. The van der Waals surface area contributed by atoms with E-state index in [2.05, 4.69) is 26.1 Å². The van der Waals surface area contributed by atoms with Gasteiger partial charge in [-0.05, 0) is 97.7 Å². The number of carboxylic acid groups (broad SMARTS) is 1. The van der Waals surface area contributed by atoms with E-state index < -0.39 is 18.2 Å². The van der Waals surface area contributed by atoms with Gasteiger partial charge in [-0.15, -0.1) is 0 Å². The number of amides is 1. The number of methoxy groups -OCH3 is 1. The third kappa shape index (κ3) is 5.17. The van der Waals surface area contributed by atoms with Gasteiger partial charge in [0.05, 0.1) is 25.7 Å². The van der Waals surface area contributed by atoms with Crippen molar-refractivity contribution < 1.29 is 34.4 Å². The number of hydrogen-bond acceptors (Lipinski definition) is 6. The number of hydrogen-bond donors (Lipinski definition) is 4. The Morgan fingerprint density at radius 2 is 1.73 bits per heavy atom. The Balaban J connectivity index is 1.47. The monoisotopic (exact) mass is 521 g/mol. The summed E-state index contributed by atoms with van der Waals surface area (Å²) in [6.45, 7) is 6.76. The van der Waals surface area contributed by atoms with E-state index in [1.165, 1.54) is 7.11 Å². The number of fused-ring (bicyclic) bond motifs is 5. The molecule has 4 N–H and O–H groups in total. The molecule has 8 heteroatoms. The Bertz CT molecular complexity index is 878. The summed E-state index contributed by atoms with van der Waals surface area (Å²) in [6, 6.07) is 0.00780. The van der Waals surface area contributed by atoms with Crippen LogP contribution >= 0.6 is 0 Å². The maximum Gasteiger partial charge on any atom is 0.305 e. The van der Waals surface area contributed by atoms with Crippen molar-refractivity contribution in [2.45, 2.75) is 110 Å². The maximum absolute atomic E-state index is 12.3. The first-order valence-electron chi connectivity index (χ1n) is 14.4. The predicted octanol–water partition coefficient (Wildman–Crippen LogP) is 3.53. The Hall–Kier alpha value is -1.67. The van der Waals surface area contributed by atoms with E-state index in [9.17, 15) is 24.6 Å². The van der Waals surface area contributed by atoms with Gasteiger partial charge in [0.15, 0.2) is 0 Å². The van der Waals surface area contributed by atoms with Crippen LogP contribution in [0.2, 0.25) is 0 Å². The van der Waals surface area contributed by atoms with Gasteiger partial charge >= 0.3 is 11.9 Å². The quantitative estimate of drug-likeness (QED) is 0.359. The van der Waals surface area contributed by atoms with Gasteiger partial charge in [0.1, 0.15) is 0 Å². The molecular weight excluding hydrogens is 474 g/mol. The third-order valence-corrected chi connectivity index (χ3v) is 11.5. The first kappa shape index (κ1) is 28.3. The van der Waals surface area contributed by atoms with Crippen LogP contribution in [0.1, 0.15) is 91.4 Å². The molecule has 0 unspecified atom stereocenters. The van der Waals surface area contributed by atoms with Crippen molar-refractivity contribution in [2.75, 3.05) is 7.11 Å². The van der Waals surface area contributed by atoms with Crippen molar-refractivity contribution in [3.05, 3.63) is 0 Å². The Kier molecular flexibility index (Phi) is 8.30. The zero-order chi connectivity index (χ0) is 27.1. The van der Waals surface area contributed by atoms with E-state index in [4.69, 9.17) is 9.84 Å². The lowest BCUT2D eigenvalue weighted by Crippen LogP contribution is -2.63. The molecule has 4 aliphatic rings. The predicted molar refractivity (Wildman–Crippen MR) is 137 cm³/mol. The van der Waals surface area contributed by atoms with Crippen LogP contribution in [0.15, 0.2) is 0 Å². The fourth-order valence-corrected chi connectivity index (χ4v) is 9.45. The SMILES string of the molecule is COC(=O)CC[C@@H](C)[C@H]1CC[C@H]2[C@@H]3[C@H](O)C[C@@H]4C[C@@H](NC(=O)CCC(=O)O)CC[C@]4(C)[C@H]3C[C@H](O)[C@]12C. The summed E-state index contributed by atoms with van der Waals surface area (Å²) in [5.41, 5.74) is -0.265. The molecule has 0 aromatic carbocycles. The number of rotatable bonds is 8. The second-order valence-electron chi connectivity index (χ2n) is 13.1. The van der Waals surface area contributed by atoms with Crippen LogP contribution in [0.25, 0.3) is 0 Å². The van der Waals surface area contributed by atoms with E-state index in [-0.39, 0.29) is 65.3 Å². The molecule has 210 valence electrons. The zero-order valence-corrected chi connectivity index (χ0v) is 22.9. The second-order valence-corrected chi connectivity index (χ2v) is 13.1. The zero-order valence-electron chi connectivity index (χ0n) is 22.9. The van der Waals surface area contributed by atoms with Crippen molar-refractivity contribution >= 4 is 17.8 Å². The van der Waals surface area contributed by atoms with Gasteiger partial charge in [0.2, 0.25) is 5.91 Å². The highest BCUT2D eigenvalue weighted by Crippen LogP contribution is 2.68. The molecule has 0 saturated heterocycles. The summed E-state index contributed by atoms with van der Waals surface area (Å²) in [6.07, 6.45) is 6.10. The van der Waals surface area contributed by atoms with Crippen molar-refractivity contribution in [1.82, 2.24) is 5.32 Å². The minimum atomic E-state index is -0.970. The van der Waals surface area contributed by atoms with Gasteiger partial charge in [0, 0.05) is 18.9 Å². The van der Waals surface area contributed by atoms with Crippen LogP contribution < -0.4 is 5.32 Å². The van der Waals surface area contributed by atoms with Gasteiger partial charge in [-0.25, -0.2) is 0 Å². The van der Waals surface area contributed by atoms with E-state index in [0.717, 1.165) is 38.5 Å². The van der Waals surface area contributed by atoms with Crippen molar-refractivity contribution in [3.63, 3.8) is 0 Å². The second kappa shape index (κ2) is 10.8. The van der Waals surface area contributed by atoms with Gasteiger partial charge in [-0.1, -0.05) is 20.8 Å². The van der Waals surface area contributed by atoms with Crippen LogP contribution in [-0.4, -0.2) is 58.5 Å². The molecule has 0 aromatic rings. The molecule has 0 spiro atoms.